The Labute approximate surface area is 150 Å². The molecular formula is C19H29N5O. The molecule has 1 aromatic heterocycles. The van der Waals surface area contributed by atoms with Crippen LogP contribution >= 0.6 is 0 Å². The van der Waals surface area contributed by atoms with Gasteiger partial charge < -0.3 is 15.0 Å². The molecular weight excluding hydrogens is 314 g/mol. The van der Waals surface area contributed by atoms with Gasteiger partial charge in [-0.15, -0.1) is 0 Å². The highest BCUT2D eigenvalue weighted by atomic mass is 16.5. The molecule has 25 heavy (non-hydrogen) atoms. The van der Waals surface area contributed by atoms with Crippen LogP contribution in [0.4, 0.5) is 5.69 Å². The summed E-state index contributed by atoms with van der Waals surface area (Å²) in [5, 5.41) is 7.96. The van der Waals surface area contributed by atoms with E-state index in [9.17, 15) is 0 Å². The van der Waals surface area contributed by atoms with Gasteiger partial charge in [-0.1, -0.05) is 18.2 Å². The molecule has 6 nitrogen and oxygen atoms in total. The summed E-state index contributed by atoms with van der Waals surface area (Å²) in [6.07, 6.45) is 0. The average molecular weight is 343 g/mol. The van der Waals surface area contributed by atoms with Crippen LogP contribution < -0.4 is 15.0 Å². The Kier molecular flexibility index (Phi) is 5.94. The number of ether oxygens (including phenoxy) is 1. The fraction of sp³-hybridized carbons (Fsp3) is 0.526. The number of aromatic nitrogens is 2. The molecule has 2 aromatic rings. The van der Waals surface area contributed by atoms with Gasteiger partial charge in [-0.2, -0.15) is 5.10 Å². The molecule has 2 heterocycles. The average Bonchev–Trinajstić information content (AvgIpc) is 2.92. The number of rotatable bonds is 7. The molecule has 1 saturated heterocycles. The number of hydrogen-bond donors (Lipinski definition) is 1. The van der Waals surface area contributed by atoms with Crippen molar-refractivity contribution in [1.82, 2.24) is 20.0 Å². The molecule has 1 aliphatic rings. The third-order valence-corrected chi connectivity index (χ3v) is 4.88. The Hall–Kier alpha value is -2.05. The van der Waals surface area contributed by atoms with E-state index in [-0.39, 0.29) is 0 Å². The van der Waals surface area contributed by atoms with Crippen LogP contribution in [0.15, 0.2) is 30.3 Å². The zero-order chi connectivity index (χ0) is 17.6. The summed E-state index contributed by atoms with van der Waals surface area (Å²) in [6.45, 7) is 9.30. The van der Waals surface area contributed by atoms with Gasteiger partial charge in [0.05, 0.1) is 18.4 Å². The Balaban J connectivity index is 1.39. The minimum Gasteiger partial charge on any atom is -0.481 e. The van der Waals surface area contributed by atoms with Crippen molar-refractivity contribution in [3.63, 3.8) is 0 Å². The van der Waals surface area contributed by atoms with Crippen molar-refractivity contribution in [3.8, 4) is 5.88 Å². The van der Waals surface area contributed by atoms with Crippen molar-refractivity contribution in [2.24, 2.45) is 7.05 Å². The van der Waals surface area contributed by atoms with Crippen LogP contribution in [0.1, 0.15) is 11.3 Å². The fourth-order valence-electron chi connectivity index (χ4n) is 3.46. The third kappa shape index (κ3) is 4.32. The first-order chi connectivity index (χ1) is 12.2. The number of nitrogens with zero attached hydrogens (tertiary/aromatic N) is 4. The van der Waals surface area contributed by atoms with Gasteiger partial charge in [0.1, 0.15) is 0 Å². The highest BCUT2D eigenvalue weighted by Crippen LogP contribution is 2.20. The third-order valence-electron chi connectivity index (χ3n) is 4.88. The number of aryl methyl sites for hydroxylation is 2. The Morgan fingerprint density at radius 2 is 1.84 bits per heavy atom. The summed E-state index contributed by atoms with van der Waals surface area (Å²) in [7, 11) is 3.62. The molecule has 0 unspecified atom stereocenters. The lowest BCUT2D eigenvalue weighted by Crippen LogP contribution is -2.48. The van der Waals surface area contributed by atoms with Crippen molar-refractivity contribution < 1.29 is 4.74 Å². The summed E-state index contributed by atoms with van der Waals surface area (Å²) in [5.74, 6) is 0.849. The monoisotopic (exact) mass is 343 g/mol. The van der Waals surface area contributed by atoms with Gasteiger partial charge in [0.2, 0.25) is 5.88 Å². The summed E-state index contributed by atoms with van der Waals surface area (Å²) in [4.78, 5) is 4.99. The number of nitrogens with one attached hydrogen (secondary N) is 1. The van der Waals surface area contributed by atoms with Gasteiger partial charge >= 0.3 is 0 Å². The molecule has 0 amide bonds. The van der Waals surface area contributed by atoms with Crippen molar-refractivity contribution in [2.75, 3.05) is 51.3 Å². The molecule has 1 fully saturated rings. The van der Waals surface area contributed by atoms with Crippen molar-refractivity contribution >= 4 is 5.69 Å². The van der Waals surface area contributed by atoms with E-state index in [1.807, 2.05) is 14.0 Å². The van der Waals surface area contributed by atoms with Gasteiger partial charge in [-0.3, -0.25) is 4.90 Å². The summed E-state index contributed by atoms with van der Waals surface area (Å²) in [6, 6.07) is 10.7. The molecule has 0 bridgehead atoms. The second kappa shape index (κ2) is 8.36. The molecule has 1 N–H and O–H groups in total. The minimum atomic E-state index is 0.798. The van der Waals surface area contributed by atoms with Crippen molar-refractivity contribution in [3.05, 3.63) is 41.6 Å². The highest BCUT2D eigenvalue weighted by Gasteiger charge is 2.17. The first-order valence-electron chi connectivity index (χ1n) is 8.98. The topological polar surface area (TPSA) is 45.6 Å². The van der Waals surface area contributed by atoms with Gasteiger partial charge in [0.15, 0.2) is 0 Å². The second-order valence-electron chi connectivity index (χ2n) is 6.54. The Morgan fingerprint density at radius 1 is 1.12 bits per heavy atom. The smallest absolute Gasteiger partial charge is 0.216 e. The molecule has 0 spiro atoms. The minimum absolute atomic E-state index is 0.798. The van der Waals surface area contributed by atoms with E-state index in [1.54, 1.807) is 11.8 Å². The number of para-hydroxylation sites is 1. The zero-order valence-corrected chi connectivity index (χ0v) is 15.5. The van der Waals surface area contributed by atoms with E-state index in [0.717, 1.165) is 63.0 Å². The maximum Gasteiger partial charge on any atom is 0.216 e. The maximum atomic E-state index is 5.44. The number of anilines is 1. The van der Waals surface area contributed by atoms with E-state index in [4.69, 9.17) is 4.74 Å². The summed E-state index contributed by atoms with van der Waals surface area (Å²) in [5.41, 5.74) is 3.52. The lowest BCUT2D eigenvalue weighted by atomic mass is 10.2. The molecule has 1 aliphatic heterocycles. The fourth-order valence-corrected chi connectivity index (χ4v) is 3.46. The summed E-state index contributed by atoms with van der Waals surface area (Å²) >= 11 is 0. The zero-order valence-electron chi connectivity index (χ0n) is 15.5. The van der Waals surface area contributed by atoms with Gasteiger partial charge in [0.25, 0.3) is 0 Å². The predicted molar refractivity (Wildman–Crippen MR) is 101 cm³/mol. The van der Waals surface area contributed by atoms with Crippen LogP contribution in [-0.4, -0.2) is 61.1 Å². The van der Waals surface area contributed by atoms with Crippen LogP contribution in [0.25, 0.3) is 0 Å². The van der Waals surface area contributed by atoms with Crippen LogP contribution in [0, 0.1) is 6.92 Å². The molecule has 0 aliphatic carbocycles. The van der Waals surface area contributed by atoms with Crippen molar-refractivity contribution in [2.45, 2.75) is 13.5 Å². The molecule has 0 radical (unpaired) electrons. The van der Waals surface area contributed by atoms with Crippen molar-refractivity contribution in [1.29, 1.82) is 0 Å². The van der Waals surface area contributed by atoms with Crippen LogP contribution in [0.3, 0.4) is 0 Å². The second-order valence-corrected chi connectivity index (χ2v) is 6.54. The van der Waals surface area contributed by atoms with E-state index < -0.39 is 0 Å². The summed E-state index contributed by atoms with van der Waals surface area (Å²) < 4.78 is 7.24. The largest absolute Gasteiger partial charge is 0.481 e. The lowest BCUT2D eigenvalue weighted by Gasteiger charge is -2.36. The van der Waals surface area contributed by atoms with Gasteiger partial charge in [0, 0.05) is 58.5 Å². The Bertz CT molecular complexity index is 662. The standard InChI is InChI=1S/C19H29N5O/c1-16-18(19(25-3)22(2)21-16)15-20-9-10-23-11-13-24(14-12-23)17-7-5-4-6-8-17/h4-8,20H,9-15H2,1-3H3. The van der Waals surface area contributed by atoms with E-state index >= 15 is 0 Å². The number of methoxy groups -OCH3 is 1. The van der Waals surface area contributed by atoms with E-state index in [0.29, 0.717) is 0 Å². The molecule has 3 rings (SSSR count). The van der Waals surface area contributed by atoms with Crippen LogP contribution in [0.2, 0.25) is 0 Å². The molecule has 1 aromatic carbocycles. The highest BCUT2D eigenvalue weighted by molar-refractivity contribution is 5.46. The number of benzene rings is 1. The Morgan fingerprint density at radius 3 is 2.52 bits per heavy atom. The molecule has 0 atom stereocenters. The van der Waals surface area contributed by atoms with E-state index in [1.165, 1.54) is 5.69 Å². The molecule has 6 heteroatoms. The van der Waals surface area contributed by atoms with Crippen LogP contribution in [-0.2, 0) is 13.6 Å². The quantitative estimate of drug-likeness (QED) is 0.775. The SMILES string of the molecule is COc1c(CNCCN2CCN(c3ccccc3)CC2)c(C)nn1C. The predicted octanol–water partition coefficient (Wildman–Crippen LogP) is 1.65. The number of piperazine rings is 1. The first-order valence-corrected chi connectivity index (χ1v) is 8.98. The molecule has 136 valence electrons. The van der Waals surface area contributed by atoms with Crippen LogP contribution in [0.5, 0.6) is 5.88 Å². The molecule has 0 saturated carbocycles. The van der Waals surface area contributed by atoms with Gasteiger partial charge in [-0.05, 0) is 19.1 Å². The number of hydrogen-bond acceptors (Lipinski definition) is 5. The normalized spacial score (nSPS) is 15.6. The van der Waals surface area contributed by atoms with Gasteiger partial charge in [-0.25, -0.2) is 4.68 Å². The first kappa shape index (κ1) is 17.8. The maximum absolute atomic E-state index is 5.44. The lowest BCUT2D eigenvalue weighted by molar-refractivity contribution is 0.257. The van der Waals surface area contributed by atoms with E-state index in [2.05, 4.69) is 50.5 Å².